The van der Waals surface area contributed by atoms with Crippen LogP contribution in [-0.2, 0) is 0 Å². The van der Waals surface area contributed by atoms with E-state index < -0.39 is 0 Å². The molecule has 1 heterocycles. The summed E-state index contributed by atoms with van der Waals surface area (Å²) in [4.78, 5) is 4.26. The quantitative estimate of drug-likeness (QED) is 0.738. The summed E-state index contributed by atoms with van der Waals surface area (Å²) >= 11 is 2.09. The van der Waals surface area contributed by atoms with Crippen molar-refractivity contribution in [3.05, 3.63) is 9.72 Å². The number of aromatic nitrogens is 2. The fourth-order valence-corrected chi connectivity index (χ4v) is 2.88. The zero-order valence-electron chi connectivity index (χ0n) is 6.53. The maximum absolute atomic E-state index is 5.16. The lowest BCUT2D eigenvalue weighted by molar-refractivity contribution is 0.364. The minimum atomic E-state index is 0.620. The molecule has 2 unspecified atom stereocenters. The van der Waals surface area contributed by atoms with E-state index in [4.69, 9.17) is 4.52 Å². The fraction of sp³-hybridized carbons (Fsp3) is 0.750. The number of rotatable bonds is 1. The van der Waals surface area contributed by atoms with Crippen LogP contribution >= 0.6 is 22.6 Å². The molecule has 12 heavy (non-hydrogen) atoms. The first-order valence-corrected chi connectivity index (χ1v) is 5.43. The number of hydrogen-bond donors (Lipinski definition) is 0. The average Bonchev–Trinajstić information content (AvgIpc) is 2.55. The second-order valence-corrected chi connectivity index (χ2v) is 4.65. The molecule has 2 saturated carbocycles. The first-order valence-electron chi connectivity index (χ1n) is 4.35. The van der Waals surface area contributed by atoms with Crippen molar-refractivity contribution in [1.29, 1.82) is 0 Å². The summed E-state index contributed by atoms with van der Waals surface area (Å²) in [5.74, 6) is 3.26. The van der Waals surface area contributed by atoms with Crippen LogP contribution < -0.4 is 0 Å². The molecule has 2 fully saturated rings. The second-order valence-electron chi connectivity index (χ2n) is 3.69. The van der Waals surface area contributed by atoms with Crippen LogP contribution in [0.15, 0.2) is 4.52 Å². The number of fused-ring (bicyclic) bond motifs is 1. The molecule has 1 aromatic rings. The highest BCUT2D eigenvalue weighted by Crippen LogP contribution is 2.62. The van der Waals surface area contributed by atoms with Gasteiger partial charge in [-0.15, -0.1) is 0 Å². The summed E-state index contributed by atoms with van der Waals surface area (Å²) in [5.41, 5.74) is 0. The molecular formula is C8H9IN2O. The maximum atomic E-state index is 5.16. The van der Waals surface area contributed by atoms with E-state index in [1.54, 1.807) is 0 Å². The highest BCUT2D eigenvalue weighted by Gasteiger charge is 2.56. The van der Waals surface area contributed by atoms with Gasteiger partial charge in [-0.3, -0.25) is 0 Å². The molecule has 0 saturated heterocycles. The Morgan fingerprint density at radius 3 is 2.67 bits per heavy atom. The van der Waals surface area contributed by atoms with Crippen LogP contribution in [-0.4, -0.2) is 10.1 Å². The molecule has 4 heteroatoms. The smallest absolute Gasteiger partial charge is 0.232 e. The van der Waals surface area contributed by atoms with Gasteiger partial charge in [0, 0.05) is 28.5 Å². The van der Waals surface area contributed by atoms with Crippen LogP contribution in [0, 0.1) is 15.7 Å². The van der Waals surface area contributed by atoms with Crippen molar-refractivity contribution >= 4 is 22.6 Å². The molecule has 64 valence electrons. The van der Waals surface area contributed by atoms with Gasteiger partial charge in [0.2, 0.25) is 9.72 Å². The molecule has 2 atom stereocenters. The van der Waals surface area contributed by atoms with Crippen molar-refractivity contribution in [1.82, 2.24) is 10.1 Å². The lowest BCUT2D eigenvalue weighted by Gasteiger charge is -1.94. The van der Waals surface area contributed by atoms with Gasteiger partial charge in [0.25, 0.3) is 0 Å². The molecule has 0 N–H and O–H groups in total. The van der Waals surface area contributed by atoms with E-state index >= 15 is 0 Å². The molecule has 2 aliphatic rings. The van der Waals surface area contributed by atoms with E-state index in [1.807, 2.05) is 0 Å². The molecule has 0 spiro atoms. The Balaban J connectivity index is 1.84. The molecule has 0 aromatic carbocycles. The molecule has 3 rings (SSSR count). The molecule has 1 aromatic heterocycles. The molecule has 3 nitrogen and oxygen atoms in total. The topological polar surface area (TPSA) is 38.9 Å². The minimum Gasteiger partial charge on any atom is -0.338 e. The molecule has 0 aliphatic heterocycles. The van der Waals surface area contributed by atoms with Gasteiger partial charge in [0.15, 0.2) is 0 Å². The summed E-state index contributed by atoms with van der Waals surface area (Å²) in [6.07, 6.45) is 4.14. The Bertz CT molecular complexity index is 302. The first-order chi connectivity index (χ1) is 5.86. The second kappa shape index (κ2) is 2.43. The summed E-state index contributed by atoms with van der Waals surface area (Å²) < 4.78 is 5.90. The van der Waals surface area contributed by atoms with E-state index in [9.17, 15) is 0 Å². The molecule has 0 bridgehead atoms. The third-order valence-electron chi connectivity index (χ3n) is 3.11. The van der Waals surface area contributed by atoms with Gasteiger partial charge in [-0.1, -0.05) is 11.6 Å². The van der Waals surface area contributed by atoms with E-state index in [0.717, 1.165) is 21.6 Å². The first kappa shape index (κ1) is 7.29. The van der Waals surface area contributed by atoms with Crippen molar-refractivity contribution in [2.75, 3.05) is 0 Å². The van der Waals surface area contributed by atoms with Gasteiger partial charge in [0.1, 0.15) is 0 Å². The highest BCUT2D eigenvalue weighted by molar-refractivity contribution is 14.1. The van der Waals surface area contributed by atoms with Crippen LogP contribution in [0.1, 0.15) is 31.1 Å². The lowest BCUT2D eigenvalue weighted by atomic mass is 10.1. The van der Waals surface area contributed by atoms with Crippen molar-refractivity contribution in [2.45, 2.75) is 25.2 Å². The predicted molar refractivity (Wildman–Crippen MR) is 50.6 cm³/mol. The van der Waals surface area contributed by atoms with Crippen LogP contribution in [0.5, 0.6) is 0 Å². The molecule has 0 amide bonds. The van der Waals surface area contributed by atoms with E-state index in [0.29, 0.717) is 5.92 Å². The molecular weight excluding hydrogens is 267 g/mol. The third kappa shape index (κ3) is 0.932. The van der Waals surface area contributed by atoms with Gasteiger partial charge < -0.3 is 4.52 Å². The molecule has 2 aliphatic carbocycles. The van der Waals surface area contributed by atoms with Crippen molar-refractivity contribution < 1.29 is 4.52 Å². The zero-order chi connectivity index (χ0) is 8.13. The van der Waals surface area contributed by atoms with Gasteiger partial charge in [-0.05, 0) is 24.7 Å². The average molecular weight is 276 g/mol. The van der Waals surface area contributed by atoms with Gasteiger partial charge in [-0.2, -0.15) is 4.98 Å². The Kier molecular flexibility index (Phi) is 1.48. The van der Waals surface area contributed by atoms with Crippen molar-refractivity contribution in [3.8, 4) is 0 Å². The van der Waals surface area contributed by atoms with E-state index in [2.05, 4.69) is 32.7 Å². The van der Waals surface area contributed by atoms with Crippen LogP contribution in [0.3, 0.4) is 0 Å². The van der Waals surface area contributed by atoms with Gasteiger partial charge in [0.05, 0.1) is 0 Å². The Morgan fingerprint density at radius 1 is 1.33 bits per heavy atom. The fourth-order valence-electron chi connectivity index (χ4n) is 2.54. The minimum absolute atomic E-state index is 0.620. The number of halogens is 1. The van der Waals surface area contributed by atoms with Crippen molar-refractivity contribution in [3.63, 3.8) is 0 Å². The summed E-state index contributed by atoms with van der Waals surface area (Å²) in [6.45, 7) is 0. The monoisotopic (exact) mass is 276 g/mol. The SMILES string of the molecule is Ic1noc(C2C3CCCC32)n1. The summed E-state index contributed by atoms with van der Waals surface area (Å²) in [5, 5.41) is 3.81. The van der Waals surface area contributed by atoms with Crippen molar-refractivity contribution in [2.24, 2.45) is 11.8 Å². The summed E-state index contributed by atoms with van der Waals surface area (Å²) in [6, 6.07) is 0. The Hall–Kier alpha value is -0.130. The van der Waals surface area contributed by atoms with E-state index in [-0.39, 0.29) is 0 Å². The Morgan fingerprint density at radius 2 is 2.08 bits per heavy atom. The lowest BCUT2D eigenvalue weighted by Crippen LogP contribution is -1.87. The predicted octanol–water partition coefficient (Wildman–Crippen LogP) is 2.19. The largest absolute Gasteiger partial charge is 0.338 e. The zero-order valence-corrected chi connectivity index (χ0v) is 8.69. The standard InChI is InChI=1S/C8H9IN2O/c9-8-10-7(12-11-8)6-4-2-1-3-5(4)6/h4-6H,1-3H2. The Labute approximate surface area is 84.1 Å². The third-order valence-corrected chi connectivity index (χ3v) is 3.55. The van der Waals surface area contributed by atoms with E-state index in [1.165, 1.54) is 19.3 Å². The van der Waals surface area contributed by atoms with Crippen LogP contribution in [0.25, 0.3) is 0 Å². The normalized spacial score (nSPS) is 38.2. The van der Waals surface area contributed by atoms with Crippen LogP contribution in [0.2, 0.25) is 0 Å². The van der Waals surface area contributed by atoms with Crippen LogP contribution in [0.4, 0.5) is 0 Å². The summed E-state index contributed by atoms with van der Waals surface area (Å²) in [7, 11) is 0. The number of nitrogens with zero attached hydrogens (tertiary/aromatic N) is 2. The highest BCUT2D eigenvalue weighted by atomic mass is 127. The number of hydrogen-bond acceptors (Lipinski definition) is 3. The maximum Gasteiger partial charge on any atom is 0.232 e. The van der Waals surface area contributed by atoms with Gasteiger partial charge in [-0.25, -0.2) is 0 Å². The molecule has 0 radical (unpaired) electrons. The van der Waals surface area contributed by atoms with Gasteiger partial charge >= 0.3 is 0 Å².